The van der Waals surface area contributed by atoms with Crippen molar-refractivity contribution < 1.29 is 19.4 Å². The van der Waals surface area contributed by atoms with Gasteiger partial charge in [-0.1, -0.05) is 19.3 Å². The second-order valence-corrected chi connectivity index (χ2v) is 6.21. The highest BCUT2D eigenvalue weighted by Gasteiger charge is 2.15. The van der Waals surface area contributed by atoms with Crippen molar-refractivity contribution >= 4 is 11.9 Å². The molecule has 0 heterocycles. The number of nitrogens with zero attached hydrogens (tertiary/aromatic N) is 1. The van der Waals surface area contributed by atoms with Gasteiger partial charge in [0, 0.05) is 19.2 Å². The number of hydrogen-bond donors (Lipinski definition) is 1. The van der Waals surface area contributed by atoms with Crippen LogP contribution in [0.15, 0.2) is 24.3 Å². The van der Waals surface area contributed by atoms with Gasteiger partial charge in [0.1, 0.15) is 5.75 Å². The standard InChI is InChI=1S/C18H25NO4/c1-19(12-11-17(20)21)18(22)15-7-9-16(10-8-15)23-13-14-5-3-2-4-6-14/h7-10,14H,2-6,11-13H2,1H3,(H,20,21). The Labute approximate surface area is 137 Å². The number of carbonyl (C=O) groups is 2. The van der Waals surface area contributed by atoms with Crippen LogP contribution >= 0.6 is 0 Å². The smallest absolute Gasteiger partial charge is 0.305 e. The van der Waals surface area contributed by atoms with Crippen LogP contribution in [0.2, 0.25) is 0 Å². The minimum absolute atomic E-state index is 0.0508. The third-order valence-electron chi connectivity index (χ3n) is 4.32. The Kier molecular flexibility index (Phi) is 6.44. The number of rotatable bonds is 7. The summed E-state index contributed by atoms with van der Waals surface area (Å²) in [7, 11) is 1.61. The summed E-state index contributed by atoms with van der Waals surface area (Å²) in [4.78, 5) is 24.1. The zero-order valence-corrected chi connectivity index (χ0v) is 13.7. The lowest BCUT2D eigenvalue weighted by Gasteiger charge is -2.21. The lowest BCUT2D eigenvalue weighted by atomic mass is 9.90. The van der Waals surface area contributed by atoms with Gasteiger partial charge in [-0.05, 0) is 43.0 Å². The van der Waals surface area contributed by atoms with Crippen LogP contribution in [0.25, 0.3) is 0 Å². The number of carboxylic acid groups (broad SMARTS) is 1. The molecule has 1 aliphatic carbocycles. The summed E-state index contributed by atoms with van der Waals surface area (Å²) in [5, 5.41) is 8.66. The predicted molar refractivity (Wildman–Crippen MR) is 87.7 cm³/mol. The monoisotopic (exact) mass is 319 g/mol. The fraction of sp³-hybridized carbons (Fsp3) is 0.556. The molecule has 0 aliphatic heterocycles. The molecule has 1 aromatic carbocycles. The van der Waals surface area contributed by atoms with E-state index < -0.39 is 5.97 Å². The highest BCUT2D eigenvalue weighted by atomic mass is 16.5. The number of benzene rings is 1. The lowest BCUT2D eigenvalue weighted by molar-refractivity contribution is -0.137. The molecule has 0 atom stereocenters. The van der Waals surface area contributed by atoms with Gasteiger partial charge in [-0.15, -0.1) is 0 Å². The average molecular weight is 319 g/mol. The quantitative estimate of drug-likeness (QED) is 0.838. The van der Waals surface area contributed by atoms with Crippen molar-refractivity contribution in [2.24, 2.45) is 5.92 Å². The molecule has 0 saturated heterocycles. The molecule has 0 aromatic heterocycles. The molecule has 1 fully saturated rings. The molecule has 0 radical (unpaired) electrons. The Bertz CT molecular complexity index is 520. The molecule has 2 rings (SSSR count). The Morgan fingerprint density at radius 1 is 1.17 bits per heavy atom. The van der Waals surface area contributed by atoms with E-state index >= 15 is 0 Å². The Morgan fingerprint density at radius 3 is 2.43 bits per heavy atom. The van der Waals surface area contributed by atoms with E-state index in [1.807, 2.05) is 0 Å². The summed E-state index contributed by atoms with van der Waals surface area (Å²) in [6, 6.07) is 7.08. The van der Waals surface area contributed by atoms with Crippen LogP contribution in [0.1, 0.15) is 48.9 Å². The van der Waals surface area contributed by atoms with Crippen molar-refractivity contribution in [3.63, 3.8) is 0 Å². The summed E-state index contributed by atoms with van der Waals surface area (Å²) in [5.41, 5.74) is 0.544. The molecular formula is C18H25NO4. The maximum absolute atomic E-state index is 12.2. The van der Waals surface area contributed by atoms with Gasteiger partial charge < -0.3 is 14.7 Å². The van der Waals surface area contributed by atoms with E-state index in [2.05, 4.69) is 0 Å². The van der Waals surface area contributed by atoms with E-state index in [4.69, 9.17) is 9.84 Å². The van der Waals surface area contributed by atoms with Gasteiger partial charge in [0.2, 0.25) is 0 Å². The van der Waals surface area contributed by atoms with Crippen LogP contribution in [0.5, 0.6) is 5.75 Å². The van der Waals surface area contributed by atoms with Crippen LogP contribution < -0.4 is 4.74 Å². The van der Waals surface area contributed by atoms with E-state index in [0.717, 1.165) is 12.4 Å². The summed E-state index contributed by atoms with van der Waals surface area (Å²) in [5.74, 6) is 0.341. The summed E-state index contributed by atoms with van der Waals surface area (Å²) >= 11 is 0. The Morgan fingerprint density at radius 2 is 1.83 bits per heavy atom. The molecule has 1 N–H and O–H groups in total. The van der Waals surface area contributed by atoms with Crippen molar-refractivity contribution in [2.75, 3.05) is 20.2 Å². The van der Waals surface area contributed by atoms with Gasteiger partial charge >= 0.3 is 5.97 Å². The van der Waals surface area contributed by atoms with Crippen LogP contribution in [0.3, 0.4) is 0 Å². The predicted octanol–water partition coefficient (Wildman–Crippen LogP) is 3.19. The van der Waals surface area contributed by atoms with Crippen LogP contribution in [0.4, 0.5) is 0 Å². The van der Waals surface area contributed by atoms with Crippen molar-refractivity contribution in [1.82, 2.24) is 4.90 Å². The second kappa shape index (κ2) is 8.56. The van der Waals surface area contributed by atoms with Crippen LogP contribution in [-0.4, -0.2) is 42.1 Å². The van der Waals surface area contributed by atoms with Gasteiger partial charge in [0.05, 0.1) is 13.0 Å². The zero-order valence-electron chi connectivity index (χ0n) is 13.7. The molecule has 1 amide bonds. The molecule has 126 valence electrons. The molecule has 1 aliphatic rings. The summed E-state index contributed by atoms with van der Waals surface area (Å²) in [6.45, 7) is 0.944. The zero-order chi connectivity index (χ0) is 16.7. The minimum atomic E-state index is -0.906. The van der Waals surface area contributed by atoms with E-state index in [1.54, 1.807) is 31.3 Å². The Balaban J connectivity index is 1.83. The first-order valence-corrected chi connectivity index (χ1v) is 8.26. The number of ether oxygens (including phenoxy) is 1. The van der Waals surface area contributed by atoms with E-state index in [-0.39, 0.29) is 18.9 Å². The molecule has 1 saturated carbocycles. The molecule has 1 aromatic rings. The number of hydrogen-bond acceptors (Lipinski definition) is 3. The SMILES string of the molecule is CN(CCC(=O)O)C(=O)c1ccc(OCC2CCCCC2)cc1. The highest BCUT2D eigenvalue weighted by molar-refractivity contribution is 5.94. The molecule has 5 heteroatoms. The first kappa shape index (κ1) is 17.3. The third kappa shape index (κ3) is 5.58. The fourth-order valence-electron chi connectivity index (χ4n) is 2.85. The average Bonchev–Trinajstić information content (AvgIpc) is 2.58. The Hall–Kier alpha value is -2.04. The maximum Gasteiger partial charge on any atom is 0.305 e. The van der Waals surface area contributed by atoms with Crippen molar-refractivity contribution in [3.05, 3.63) is 29.8 Å². The van der Waals surface area contributed by atoms with Gasteiger partial charge in [0.25, 0.3) is 5.91 Å². The van der Waals surface area contributed by atoms with Gasteiger partial charge in [-0.3, -0.25) is 9.59 Å². The molecule has 0 bridgehead atoms. The number of amides is 1. The molecule has 0 spiro atoms. The fourth-order valence-corrected chi connectivity index (χ4v) is 2.85. The van der Waals surface area contributed by atoms with Gasteiger partial charge in [-0.2, -0.15) is 0 Å². The van der Waals surface area contributed by atoms with E-state index in [9.17, 15) is 9.59 Å². The largest absolute Gasteiger partial charge is 0.493 e. The van der Waals surface area contributed by atoms with E-state index in [0.29, 0.717) is 11.5 Å². The second-order valence-electron chi connectivity index (χ2n) is 6.21. The first-order chi connectivity index (χ1) is 11.1. The normalized spacial score (nSPS) is 15.2. The van der Waals surface area contributed by atoms with Crippen molar-refractivity contribution in [3.8, 4) is 5.75 Å². The van der Waals surface area contributed by atoms with Crippen LogP contribution in [-0.2, 0) is 4.79 Å². The van der Waals surface area contributed by atoms with Crippen molar-refractivity contribution in [2.45, 2.75) is 38.5 Å². The minimum Gasteiger partial charge on any atom is -0.493 e. The maximum atomic E-state index is 12.2. The molecule has 5 nitrogen and oxygen atoms in total. The lowest BCUT2D eigenvalue weighted by Crippen LogP contribution is -2.28. The molecule has 0 unspecified atom stereocenters. The number of carbonyl (C=O) groups excluding carboxylic acids is 1. The van der Waals surface area contributed by atoms with Gasteiger partial charge in [0.15, 0.2) is 0 Å². The molecular weight excluding hydrogens is 294 g/mol. The van der Waals surface area contributed by atoms with E-state index in [1.165, 1.54) is 37.0 Å². The summed E-state index contributed by atoms with van der Waals surface area (Å²) in [6.07, 6.45) is 6.36. The van der Waals surface area contributed by atoms with Crippen molar-refractivity contribution in [1.29, 1.82) is 0 Å². The third-order valence-corrected chi connectivity index (χ3v) is 4.32. The summed E-state index contributed by atoms with van der Waals surface area (Å²) < 4.78 is 5.82. The molecule has 23 heavy (non-hydrogen) atoms. The highest BCUT2D eigenvalue weighted by Crippen LogP contribution is 2.24. The number of carboxylic acids is 1. The number of aliphatic carboxylic acids is 1. The van der Waals surface area contributed by atoms with Crippen LogP contribution in [0, 0.1) is 5.92 Å². The van der Waals surface area contributed by atoms with Gasteiger partial charge in [-0.25, -0.2) is 0 Å². The topological polar surface area (TPSA) is 66.8 Å². The first-order valence-electron chi connectivity index (χ1n) is 8.26.